The molecule has 0 saturated heterocycles. The average molecular weight is 451 g/mol. The molecule has 0 bridgehead atoms. The Hall–Kier alpha value is -4.12. The van der Waals surface area contributed by atoms with Gasteiger partial charge in [-0.2, -0.15) is 0 Å². The third-order valence-electron chi connectivity index (χ3n) is 6.09. The van der Waals surface area contributed by atoms with Gasteiger partial charge in [0.1, 0.15) is 11.3 Å². The monoisotopic (exact) mass is 450 g/mol. The van der Waals surface area contributed by atoms with Crippen molar-refractivity contribution in [3.8, 4) is 17.2 Å². The summed E-state index contributed by atoms with van der Waals surface area (Å²) in [7, 11) is 0. The van der Waals surface area contributed by atoms with E-state index in [2.05, 4.69) is 36.3 Å². The Morgan fingerprint density at radius 3 is 2.71 bits per heavy atom. The largest absolute Gasteiger partial charge is 0.483 e. The molecule has 5 aromatic rings. The Labute approximate surface area is 198 Å². The van der Waals surface area contributed by atoms with Crippen LogP contribution in [0.4, 0.5) is 5.69 Å². The highest BCUT2D eigenvalue weighted by Gasteiger charge is 2.12. The van der Waals surface area contributed by atoms with Crippen LogP contribution in [0.3, 0.4) is 0 Å². The van der Waals surface area contributed by atoms with Crippen molar-refractivity contribution in [1.82, 2.24) is 4.98 Å². The number of aromatic nitrogens is 1. The number of benzene rings is 4. The molecule has 0 radical (unpaired) electrons. The van der Waals surface area contributed by atoms with E-state index < -0.39 is 0 Å². The first kappa shape index (κ1) is 21.7. The molecule has 4 aromatic carbocycles. The van der Waals surface area contributed by atoms with E-state index in [1.165, 1.54) is 5.56 Å². The minimum Gasteiger partial charge on any atom is -0.483 e. The van der Waals surface area contributed by atoms with Gasteiger partial charge in [-0.25, -0.2) is 4.98 Å². The number of amides is 1. The topological polar surface area (TPSA) is 64.4 Å². The molecule has 1 amide bonds. The number of nitrogens with one attached hydrogen (secondary N) is 1. The van der Waals surface area contributed by atoms with Crippen LogP contribution < -0.4 is 10.1 Å². The first-order valence-corrected chi connectivity index (χ1v) is 11.5. The fourth-order valence-electron chi connectivity index (χ4n) is 4.00. The van der Waals surface area contributed by atoms with Gasteiger partial charge in [0.15, 0.2) is 12.2 Å². The Kier molecular flexibility index (Phi) is 6.00. The lowest BCUT2D eigenvalue weighted by molar-refractivity contribution is -0.118. The SMILES string of the molecule is CC[C@@H](C)c1ccc2oc(-c3cccc(NC(=O)COc4cccc5ccccc45)c3)nc2c1. The van der Waals surface area contributed by atoms with Crippen molar-refractivity contribution in [3.05, 3.63) is 90.5 Å². The van der Waals surface area contributed by atoms with Crippen LogP contribution in [0, 0.1) is 0 Å². The first-order chi connectivity index (χ1) is 16.6. The normalized spacial score (nSPS) is 12.1. The van der Waals surface area contributed by atoms with Crippen LogP contribution in [0.25, 0.3) is 33.3 Å². The van der Waals surface area contributed by atoms with E-state index in [4.69, 9.17) is 9.15 Å². The van der Waals surface area contributed by atoms with Crippen LogP contribution in [0.1, 0.15) is 31.7 Å². The molecule has 0 aliphatic rings. The van der Waals surface area contributed by atoms with Crippen molar-refractivity contribution >= 4 is 33.5 Å². The van der Waals surface area contributed by atoms with E-state index in [9.17, 15) is 4.79 Å². The van der Waals surface area contributed by atoms with E-state index >= 15 is 0 Å². The van der Waals surface area contributed by atoms with E-state index in [-0.39, 0.29) is 12.5 Å². The number of ether oxygens (including phenoxy) is 1. The molecule has 170 valence electrons. The molecule has 0 aliphatic carbocycles. The molecule has 5 heteroatoms. The molecule has 34 heavy (non-hydrogen) atoms. The molecular formula is C29H26N2O3. The Morgan fingerprint density at radius 1 is 1.00 bits per heavy atom. The molecule has 5 rings (SSSR count). The number of fused-ring (bicyclic) bond motifs is 2. The number of anilines is 1. The molecule has 0 spiro atoms. The van der Waals surface area contributed by atoms with Crippen LogP contribution in [-0.4, -0.2) is 17.5 Å². The summed E-state index contributed by atoms with van der Waals surface area (Å²) < 4.78 is 11.8. The summed E-state index contributed by atoms with van der Waals surface area (Å²) in [5.74, 6) is 1.45. The van der Waals surface area contributed by atoms with Gasteiger partial charge in [0.05, 0.1) is 0 Å². The summed E-state index contributed by atoms with van der Waals surface area (Å²) in [5.41, 5.74) is 4.30. The number of carbonyl (C=O) groups is 1. The van der Waals surface area contributed by atoms with E-state index in [0.717, 1.165) is 33.9 Å². The minimum atomic E-state index is -0.235. The summed E-state index contributed by atoms with van der Waals surface area (Å²) in [4.78, 5) is 17.2. The van der Waals surface area contributed by atoms with E-state index in [1.807, 2.05) is 72.8 Å². The second-order valence-corrected chi connectivity index (χ2v) is 8.45. The Balaban J connectivity index is 1.29. The third kappa shape index (κ3) is 4.50. The maximum absolute atomic E-state index is 12.6. The van der Waals surface area contributed by atoms with Crippen molar-refractivity contribution in [2.75, 3.05) is 11.9 Å². The Bertz CT molecular complexity index is 1470. The molecule has 1 heterocycles. The number of oxazole rings is 1. The van der Waals surface area contributed by atoms with Crippen LogP contribution >= 0.6 is 0 Å². The van der Waals surface area contributed by atoms with Gasteiger partial charge in [0.2, 0.25) is 5.89 Å². The summed E-state index contributed by atoms with van der Waals surface area (Å²) in [6.45, 7) is 4.30. The lowest BCUT2D eigenvalue weighted by Gasteiger charge is -2.10. The number of hydrogen-bond donors (Lipinski definition) is 1. The van der Waals surface area contributed by atoms with Crippen LogP contribution in [0.2, 0.25) is 0 Å². The Morgan fingerprint density at radius 2 is 1.82 bits per heavy atom. The standard InChI is InChI=1S/C29H26N2O3/c1-3-19(2)21-14-15-27-25(17-21)31-29(34-27)22-10-6-11-23(16-22)30-28(32)18-33-26-13-7-9-20-8-4-5-12-24(20)26/h4-17,19H,3,18H2,1-2H3,(H,30,32)/t19-/m1/s1. The second kappa shape index (κ2) is 9.40. The zero-order chi connectivity index (χ0) is 23.5. The number of rotatable bonds is 7. The maximum atomic E-state index is 12.6. The smallest absolute Gasteiger partial charge is 0.262 e. The second-order valence-electron chi connectivity index (χ2n) is 8.45. The number of nitrogens with zero attached hydrogens (tertiary/aromatic N) is 1. The van der Waals surface area contributed by atoms with E-state index in [0.29, 0.717) is 23.2 Å². The maximum Gasteiger partial charge on any atom is 0.262 e. The molecule has 0 fully saturated rings. The summed E-state index contributed by atoms with van der Waals surface area (Å²) in [6, 6.07) is 27.4. The average Bonchev–Trinajstić information content (AvgIpc) is 3.31. The number of hydrogen-bond acceptors (Lipinski definition) is 4. The lowest BCUT2D eigenvalue weighted by atomic mass is 9.98. The molecule has 1 atom stereocenters. The van der Waals surface area contributed by atoms with Gasteiger partial charge >= 0.3 is 0 Å². The van der Waals surface area contributed by atoms with E-state index in [1.54, 1.807) is 0 Å². The fourth-order valence-corrected chi connectivity index (χ4v) is 4.00. The highest BCUT2D eigenvalue weighted by Crippen LogP contribution is 2.29. The molecule has 1 aromatic heterocycles. The van der Waals surface area contributed by atoms with Crippen molar-refractivity contribution in [2.45, 2.75) is 26.2 Å². The predicted octanol–water partition coefficient (Wildman–Crippen LogP) is 7.18. The molecule has 0 aliphatic heterocycles. The third-order valence-corrected chi connectivity index (χ3v) is 6.09. The zero-order valence-electron chi connectivity index (χ0n) is 19.2. The summed E-state index contributed by atoms with van der Waals surface area (Å²) in [6.07, 6.45) is 1.07. The van der Waals surface area contributed by atoms with Crippen LogP contribution in [-0.2, 0) is 4.79 Å². The van der Waals surface area contributed by atoms with Crippen molar-refractivity contribution in [2.24, 2.45) is 0 Å². The van der Waals surface area contributed by atoms with Gasteiger partial charge in [-0.1, -0.05) is 62.4 Å². The quantitative estimate of drug-likeness (QED) is 0.285. The van der Waals surface area contributed by atoms with Crippen LogP contribution in [0.15, 0.2) is 89.3 Å². The number of carbonyl (C=O) groups excluding carboxylic acids is 1. The molecule has 0 saturated carbocycles. The first-order valence-electron chi connectivity index (χ1n) is 11.5. The molecule has 1 N–H and O–H groups in total. The van der Waals surface area contributed by atoms with Gasteiger partial charge < -0.3 is 14.5 Å². The summed E-state index contributed by atoms with van der Waals surface area (Å²) >= 11 is 0. The van der Waals surface area contributed by atoms with Crippen molar-refractivity contribution in [3.63, 3.8) is 0 Å². The van der Waals surface area contributed by atoms with Gasteiger partial charge in [0, 0.05) is 16.6 Å². The predicted molar refractivity (Wildman–Crippen MR) is 136 cm³/mol. The minimum absolute atomic E-state index is 0.0838. The van der Waals surface area contributed by atoms with Gasteiger partial charge in [-0.3, -0.25) is 4.79 Å². The highest BCUT2D eigenvalue weighted by atomic mass is 16.5. The lowest BCUT2D eigenvalue weighted by Crippen LogP contribution is -2.20. The zero-order valence-corrected chi connectivity index (χ0v) is 19.2. The molecule has 0 unspecified atom stereocenters. The van der Waals surface area contributed by atoms with Gasteiger partial charge in [-0.05, 0) is 59.7 Å². The van der Waals surface area contributed by atoms with Crippen molar-refractivity contribution in [1.29, 1.82) is 0 Å². The summed E-state index contributed by atoms with van der Waals surface area (Å²) in [5, 5.41) is 4.95. The molecule has 5 nitrogen and oxygen atoms in total. The van der Waals surface area contributed by atoms with Gasteiger partial charge in [0.25, 0.3) is 5.91 Å². The fraction of sp³-hybridized carbons (Fsp3) is 0.172. The van der Waals surface area contributed by atoms with Crippen LogP contribution in [0.5, 0.6) is 5.75 Å². The van der Waals surface area contributed by atoms with Crippen molar-refractivity contribution < 1.29 is 13.9 Å². The molecular weight excluding hydrogens is 424 g/mol. The van der Waals surface area contributed by atoms with Gasteiger partial charge in [-0.15, -0.1) is 0 Å². The highest BCUT2D eigenvalue weighted by molar-refractivity contribution is 5.93.